The van der Waals surface area contributed by atoms with Crippen molar-refractivity contribution in [1.29, 1.82) is 0 Å². The summed E-state index contributed by atoms with van der Waals surface area (Å²) in [5.74, 6) is 0.802. The zero-order valence-corrected chi connectivity index (χ0v) is 15.6. The van der Waals surface area contributed by atoms with E-state index < -0.39 is 0 Å². The van der Waals surface area contributed by atoms with Gasteiger partial charge in [0, 0.05) is 32.4 Å². The molecule has 5 nitrogen and oxygen atoms in total. The summed E-state index contributed by atoms with van der Waals surface area (Å²) in [7, 11) is 3.99. The highest BCUT2D eigenvalue weighted by atomic mass is 32.1. The number of anilines is 1. The van der Waals surface area contributed by atoms with Gasteiger partial charge in [0.2, 0.25) is 0 Å². The van der Waals surface area contributed by atoms with Crippen LogP contribution in [0.3, 0.4) is 0 Å². The Balaban J connectivity index is 2.50. The molecular formula is C18H22N4OS. The second kappa shape index (κ2) is 6.36. The molecule has 0 aliphatic heterocycles. The third kappa shape index (κ3) is 2.41. The number of rotatable bonds is 4. The van der Waals surface area contributed by atoms with Crippen LogP contribution in [0.1, 0.15) is 33.0 Å². The Kier molecular flexibility index (Phi) is 4.41. The van der Waals surface area contributed by atoms with E-state index in [1.807, 2.05) is 45.0 Å². The lowest BCUT2D eigenvalue weighted by Gasteiger charge is -2.15. The molecule has 0 atom stereocenters. The number of aromatic nitrogens is 3. The summed E-state index contributed by atoms with van der Waals surface area (Å²) in [5.41, 5.74) is 2.82. The number of nitrogens with zero attached hydrogens (tertiary/aromatic N) is 4. The van der Waals surface area contributed by atoms with E-state index >= 15 is 0 Å². The summed E-state index contributed by atoms with van der Waals surface area (Å²) < 4.78 is 2.45. The molecule has 0 saturated carbocycles. The van der Waals surface area contributed by atoms with Crippen molar-refractivity contribution in [1.82, 2.24) is 14.5 Å². The lowest BCUT2D eigenvalue weighted by Crippen LogP contribution is -2.23. The van der Waals surface area contributed by atoms with Crippen molar-refractivity contribution in [3.63, 3.8) is 0 Å². The summed E-state index contributed by atoms with van der Waals surface area (Å²) in [6, 6.07) is 1.97. The molecule has 3 aromatic heterocycles. The minimum absolute atomic E-state index is 0.0134. The smallest absolute Gasteiger partial charge is 0.275 e. The second-order valence-corrected chi connectivity index (χ2v) is 6.84. The predicted octanol–water partition coefficient (Wildman–Crippen LogP) is 3.91. The third-order valence-corrected chi connectivity index (χ3v) is 5.30. The Bertz CT molecular complexity index is 998. The molecule has 6 heteroatoms. The quantitative estimate of drug-likeness (QED) is 0.721. The van der Waals surface area contributed by atoms with Gasteiger partial charge in [-0.05, 0) is 19.4 Å². The molecule has 0 saturated heterocycles. The molecule has 0 amide bonds. The third-order valence-electron chi connectivity index (χ3n) is 4.22. The van der Waals surface area contributed by atoms with Crippen molar-refractivity contribution >= 4 is 43.2 Å². The van der Waals surface area contributed by atoms with Gasteiger partial charge in [0.05, 0.1) is 11.1 Å². The normalized spacial score (nSPS) is 12.3. The second-order valence-electron chi connectivity index (χ2n) is 5.84. The van der Waals surface area contributed by atoms with E-state index in [9.17, 15) is 4.79 Å². The molecule has 0 spiro atoms. The molecule has 126 valence electrons. The highest BCUT2D eigenvalue weighted by Gasteiger charge is 2.19. The number of hydrogen-bond acceptors (Lipinski definition) is 5. The highest BCUT2D eigenvalue weighted by Crippen LogP contribution is 2.35. The van der Waals surface area contributed by atoms with Gasteiger partial charge in [-0.25, -0.2) is 9.97 Å². The number of allylic oxidation sites excluding steroid dienone is 2. The Morgan fingerprint density at radius 1 is 1.38 bits per heavy atom. The number of aryl methyl sites for hydroxylation is 1. The van der Waals surface area contributed by atoms with E-state index in [2.05, 4.69) is 11.9 Å². The predicted molar refractivity (Wildman–Crippen MR) is 103 cm³/mol. The molecular weight excluding hydrogens is 320 g/mol. The Labute approximate surface area is 145 Å². The van der Waals surface area contributed by atoms with Gasteiger partial charge in [0.1, 0.15) is 20.9 Å². The maximum absolute atomic E-state index is 13.2. The molecule has 0 N–H and O–H groups in total. The molecule has 3 aromatic rings. The van der Waals surface area contributed by atoms with Crippen molar-refractivity contribution < 1.29 is 0 Å². The standard InChI is InChI=1S/C18H22N4OS/c1-6-11(7-2)22-13(8-3)20-15-14-12(21(4)5)9-10-19-17(14)24-16(15)18(22)23/h6,9-10H,7-8H2,1-5H3/b11-6+. The lowest BCUT2D eigenvalue weighted by molar-refractivity contribution is 0.827. The Morgan fingerprint density at radius 2 is 2.12 bits per heavy atom. The fraction of sp³-hybridized carbons (Fsp3) is 0.389. The first-order valence-corrected chi connectivity index (χ1v) is 9.01. The van der Waals surface area contributed by atoms with Crippen molar-refractivity contribution in [2.24, 2.45) is 0 Å². The number of fused-ring (bicyclic) bond motifs is 3. The molecule has 0 unspecified atom stereocenters. The topological polar surface area (TPSA) is 51.0 Å². The van der Waals surface area contributed by atoms with Crippen LogP contribution in [0.2, 0.25) is 0 Å². The zero-order valence-electron chi connectivity index (χ0n) is 14.8. The van der Waals surface area contributed by atoms with Crippen molar-refractivity contribution in [3.8, 4) is 0 Å². The van der Waals surface area contributed by atoms with E-state index in [-0.39, 0.29) is 5.56 Å². The first-order chi connectivity index (χ1) is 11.5. The van der Waals surface area contributed by atoms with Crippen LogP contribution in [0.25, 0.3) is 26.1 Å². The van der Waals surface area contributed by atoms with E-state index in [0.29, 0.717) is 11.1 Å². The maximum Gasteiger partial charge on any atom is 0.275 e. The molecule has 0 aliphatic rings. The highest BCUT2D eigenvalue weighted by molar-refractivity contribution is 7.25. The minimum atomic E-state index is 0.0134. The summed E-state index contributed by atoms with van der Waals surface area (Å²) in [6.45, 7) is 6.06. The van der Waals surface area contributed by atoms with Gasteiger partial charge < -0.3 is 4.90 Å². The molecule has 24 heavy (non-hydrogen) atoms. The van der Waals surface area contributed by atoms with Crippen LogP contribution < -0.4 is 10.5 Å². The van der Waals surface area contributed by atoms with Crippen LogP contribution in [0.15, 0.2) is 23.1 Å². The van der Waals surface area contributed by atoms with Gasteiger partial charge >= 0.3 is 0 Å². The van der Waals surface area contributed by atoms with Crippen LogP contribution in [-0.2, 0) is 6.42 Å². The molecule has 0 fully saturated rings. The van der Waals surface area contributed by atoms with E-state index in [4.69, 9.17) is 4.98 Å². The van der Waals surface area contributed by atoms with Gasteiger partial charge in [-0.1, -0.05) is 19.9 Å². The van der Waals surface area contributed by atoms with Gasteiger partial charge in [0.25, 0.3) is 5.56 Å². The zero-order chi connectivity index (χ0) is 17.4. The maximum atomic E-state index is 13.2. The number of thiophene rings is 1. The van der Waals surface area contributed by atoms with Gasteiger partial charge in [0.15, 0.2) is 0 Å². The van der Waals surface area contributed by atoms with E-state index in [0.717, 1.165) is 39.4 Å². The first kappa shape index (κ1) is 16.6. The van der Waals surface area contributed by atoms with Crippen LogP contribution >= 0.6 is 11.3 Å². The fourth-order valence-corrected chi connectivity index (χ4v) is 4.07. The van der Waals surface area contributed by atoms with Crippen LogP contribution in [0.5, 0.6) is 0 Å². The largest absolute Gasteiger partial charge is 0.377 e. The van der Waals surface area contributed by atoms with Gasteiger partial charge in [-0.15, -0.1) is 11.3 Å². The molecule has 0 aromatic carbocycles. The summed E-state index contributed by atoms with van der Waals surface area (Å²) in [6.07, 6.45) is 5.28. The summed E-state index contributed by atoms with van der Waals surface area (Å²) >= 11 is 1.43. The fourth-order valence-electron chi connectivity index (χ4n) is 3.04. The molecule has 3 rings (SSSR count). The average molecular weight is 342 g/mol. The van der Waals surface area contributed by atoms with Crippen molar-refractivity contribution in [2.75, 3.05) is 19.0 Å². The average Bonchev–Trinajstić information content (AvgIpc) is 2.96. The number of hydrogen-bond donors (Lipinski definition) is 0. The van der Waals surface area contributed by atoms with Crippen LogP contribution in [0.4, 0.5) is 5.69 Å². The Hall–Kier alpha value is -2.21. The molecule has 3 heterocycles. The molecule has 0 radical (unpaired) electrons. The number of pyridine rings is 1. The monoisotopic (exact) mass is 342 g/mol. The van der Waals surface area contributed by atoms with Crippen molar-refractivity contribution in [3.05, 3.63) is 34.5 Å². The van der Waals surface area contributed by atoms with Crippen LogP contribution in [-0.4, -0.2) is 28.6 Å². The van der Waals surface area contributed by atoms with Crippen LogP contribution in [0, 0.1) is 0 Å². The summed E-state index contributed by atoms with van der Waals surface area (Å²) in [5, 5.41) is 0.972. The Morgan fingerprint density at radius 3 is 2.71 bits per heavy atom. The lowest BCUT2D eigenvalue weighted by atomic mass is 10.2. The summed E-state index contributed by atoms with van der Waals surface area (Å²) in [4.78, 5) is 25.4. The van der Waals surface area contributed by atoms with E-state index in [1.54, 1.807) is 10.8 Å². The SMILES string of the molecule is C/C=C(\CC)n1c(CC)nc2c(sc3nccc(N(C)C)c32)c1=O. The first-order valence-electron chi connectivity index (χ1n) is 8.19. The molecule has 0 bridgehead atoms. The van der Waals surface area contributed by atoms with Crippen molar-refractivity contribution in [2.45, 2.75) is 33.6 Å². The molecule has 0 aliphatic carbocycles. The van der Waals surface area contributed by atoms with Gasteiger partial charge in [-0.2, -0.15) is 0 Å². The van der Waals surface area contributed by atoms with Gasteiger partial charge in [-0.3, -0.25) is 9.36 Å². The minimum Gasteiger partial charge on any atom is -0.377 e. The van der Waals surface area contributed by atoms with E-state index in [1.165, 1.54) is 11.3 Å².